The van der Waals surface area contributed by atoms with Crippen LogP contribution in [0.2, 0.25) is 0 Å². The molecule has 7 heteroatoms. The second-order valence-corrected chi connectivity index (χ2v) is 6.72. The molecule has 2 aromatic rings. The number of sulfone groups is 1. The number of pyridine rings is 1. The average Bonchev–Trinajstić information content (AvgIpc) is 2.30. The van der Waals surface area contributed by atoms with E-state index >= 15 is 0 Å². The molecule has 96 valence electrons. The molecule has 2 heterocycles. The Kier molecular flexibility index (Phi) is 3.29. The standard InChI is InChI=1S/C11H10BrNO4S/c1-3-18(15,16)9-5-8(14)7-4-6(2)13-11(12)10(7)17-9/h4-5H,3H2,1-2H3. The largest absolute Gasteiger partial charge is 0.442 e. The van der Waals surface area contributed by atoms with Crippen molar-refractivity contribution in [2.45, 2.75) is 18.9 Å². The number of hydrogen-bond donors (Lipinski definition) is 0. The van der Waals surface area contributed by atoms with E-state index in [0.29, 0.717) is 15.7 Å². The molecule has 0 bridgehead atoms. The minimum Gasteiger partial charge on any atom is -0.442 e. The monoisotopic (exact) mass is 331 g/mol. The Bertz CT molecular complexity index is 779. The molecule has 0 saturated heterocycles. The highest BCUT2D eigenvalue weighted by Gasteiger charge is 2.18. The molecule has 0 unspecified atom stereocenters. The van der Waals surface area contributed by atoms with Gasteiger partial charge in [0.15, 0.2) is 11.0 Å². The summed E-state index contributed by atoms with van der Waals surface area (Å²) < 4.78 is 29.0. The Morgan fingerprint density at radius 3 is 2.67 bits per heavy atom. The highest BCUT2D eigenvalue weighted by molar-refractivity contribution is 9.10. The SMILES string of the molecule is CCS(=O)(=O)c1cc(=O)c2cc(C)nc(Br)c2o1. The van der Waals surface area contributed by atoms with E-state index in [1.54, 1.807) is 13.0 Å². The van der Waals surface area contributed by atoms with Gasteiger partial charge in [-0.1, -0.05) is 6.92 Å². The molecule has 0 amide bonds. The van der Waals surface area contributed by atoms with Crippen molar-refractivity contribution in [2.75, 3.05) is 5.75 Å². The maximum absolute atomic E-state index is 11.9. The fraction of sp³-hybridized carbons (Fsp3) is 0.273. The third-order valence-electron chi connectivity index (χ3n) is 2.46. The van der Waals surface area contributed by atoms with Gasteiger partial charge in [-0.15, -0.1) is 0 Å². The van der Waals surface area contributed by atoms with Crippen molar-refractivity contribution in [3.8, 4) is 0 Å². The molecule has 0 aromatic carbocycles. The molecule has 0 atom stereocenters. The normalized spacial score (nSPS) is 11.9. The summed E-state index contributed by atoms with van der Waals surface area (Å²) in [7, 11) is -3.55. The first-order valence-electron chi connectivity index (χ1n) is 5.19. The molecule has 0 spiro atoms. The number of aromatic nitrogens is 1. The first-order chi connectivity index (χ1) is 8.35. The lowest BCUT2D eigenvalue weighted by atomic mass is 10.2. The number of fused-ring (bicyclic) bond motifs is 1. The van der Waals surface area contributed by atoms with Gasteiger partial charge in [0, 0.05) is 11.8 Å². The molecule has 0 saturated carbocycles. The van der Waals surface area contributed by atoms with E-state index < -0.39 is 15.3 Å². The summed E-state index contributed by atoms with van der Waals surface area (Å²) in [5.74, 6) is -0.127. The molecule has 0 aliphatic heterocycles. The smallest absolute Gasteiger partial charge is 0.222 e. The van der Waals surface area contributed by atoms with Gasteiger partial charge in [0.1, 0.15) is 4.60 Å². The molecule has 18 heavy (non-hydrogen) atoms. The van der Waals surface area contributed by atoms with Crippen LogP contribution in [0.3, 0.4) is 0 Å². The van der Waals surface area contributed by atoms with Crippen LogP contribution < -0.4 is 5.43 Å². The van der Waals surface area contributed by atoms with Crippen molar-refractivity contribution in [1.82, 2.24) is 4.98 Å². The Morgan fingerprint density at radius 2 is 2.06 bits per heavy atom. The molecule has 0 radical (unpaired) electrons. The fourth-order valence-corrected chi connectivity index (χ4v) is 2.87. The predicted molar refractivity (Wildman–Crippen MR) is 70.4 cm³/mol. The lowest BCUT2D eigenvalue weighted by Crippen LogP contribution is -2.10. The Hall–Kier alpha value is -1.21. The number of halogens is 1. The minimum atomic E-state index is -3.55. The summed E-state index contributed by atoms with van der Waals surface area (Å²) in [4.78, 5) is 16.0. The minimum absolute atomic E-state index is 0.127. The zero-order valence-electron chi connectivity index (χ0n) is 9.73. The molecule has 0 aliphatic carbocycles. The van der Waals surface area contributed by atoms with E-state index in [-0.39, 0.29) is 16.4 Å². The summed E-state index contributed by atoms with van der Waals surface area (Å²) in [6.07, 6.45) is 0. The molecule has 0 fully saturated rings. The van der Waals surface area contributed by atoms with Crippen LogP contribution in [-0.2, 0) is 9.84 Å². The van der Waals surface area contributed by atoms with Gasteiger partial charge in [0.05, 0.1) is 11.1 Å². The van der Waals surface area contributed by atoms with Gasteiger partial charge < -0.3 is 4.42 Å². The molecule has 2 rings (SSSR count). The number of hydrogen-bond acceptors (Lipinski definition) is 5. The number of aryl methyl sites for hydroxylation is 1. The third kappa shape index (κ3) is 2.20. The molecular weight excluding hydrogens is 322 g/mol. The van der Waals surface area contributed by atoms with Gasteiger partial charge in [0.25, 0.3) is 0 Å². The molecule has 0 N–H and O–H groups in total. The quantitative estimate of drug-likeness (QED) is 0.787. The van der Waals surface area contributed by atoms with Gasteiger partial charge in [-0.2, -0.15) is 0 Å². The summed E-state index contributed by atoms with van der Waals surface area (Å²) in [6.45, 7) is 3.22. The van der Waals surface area contributed by atoms with E-state index in [1.807, 2.05) is 0 Å². The lowest BCUT2D eigenvalue weighted by molar-refractivity contribution is 0.467. The third-order valence-corrected chi connectivity index (χ3v) is 4.58. The number of rotatable bonds is 2. The summed E-state index contributed by atoms with van der Waals surface area (Å²) in [6, 6.07) is 2.57. The van der Waals surface area contributed by atoms with E-state index in [1.165, 1.54) is 6.92 Å². The van der Waals surface area contributed by atoms with Gasteiger partial charge in [0.2, 0.25) is 14.9 Å². The van der Waals surface area contributed by atoms with Crippen molar-refractivity contribution in [3.05, 3.63) is 32.7 Å². The van der Waals surface area contributed by atoms with Crippen LogP contribution in [0.1, 0.15) is 12.6 Å². The molecule has 0 aliphatic rings. The van der Waals surface area contributed by atoms with Gasteiger partial charge >= 0.3 is 0 Å². The maximum Gasteiger partial charge on any atom is 0.222 e. The van der Waals surface area contributed by atoms with E-state index in [0.717, 1.165) is 6.07 Å². The van der Waals surface area contributed by atoms with Crippen LogP contribution in [0, 0.1) is 6.92 Å². The second kappa shape index (κ2) is 4.47. The molecular formula is C11H10BrNO4S. The topological polar surface area (TPSA) is 77.2 Å². The van der Waals surface area contributed by atoms with Crippen LogP contribution in [0.25, 0.3) is 11.0 Å². The summed E-state index contributed by atoms with van der Waals surface area (Å²) in [5, 5.41) is -0.0155. The van der Waals surface area contributed by atoms with Crippen molar-refractivity contribution in [2.24, 2.45) is 0 Å². The van der Waals surface area contributed by atoms with Gasteiger partial charge in [-0.25, -0.2) is 13.4 Å². The predicted octanol–water partition coefficient (Wildman–Crippen LogP) is 2.05. The van der Waals surface area contributed by atoms with Crippen molar-refractivity contribution in [1.29, 1.82) is 0 Å². The van der Waals surface area contributed by atoms with Crippen LogP contribution in [0.15, 0.2) is 31.0 Å². The van der Waals surface area contributed by atoms with Gasteiger partial charge in [-0.3, -0.25) is 4.79 Å². The lowest BCUT2D eigenvalue weighted by Gasteiger charge is -2.04. The van der Waals surface area contributed by atoms with Crippen LogP contribution >= 0.6 is 15.9 Å². The fourth-order valence-electron chi connectivity index (χ4n) is 1.51. The van der Waals surface area contributed by atoms with Crippen LogP contribution in [-0.4, -0.2) is 19.2 Å². The van der Waals surface area contributed by atoms with E-state index in [4.69, 9.17) is 4.42 Å². The van der Waals surface area contributed by atoms with Crippen molar-refractivity contribution < 1.29 is 12.8 Å². The van der Waals surface area contributed by atoms with Crippen LogP contribution in [0.5, 0.6) is 0 Å². The average molecular weight is 332 g/mol. The molecule has 5 nitrogen and oxygen atoms in total. The zero-order chi connectivity index (χ0) is 13.5. The second-order valence-electron chi connectivity index (χ2n) is 3.76. The highest BCUT2D eigenvalue weighted by atomic mass is 79.9. The van der Waals surface area contributed by atoms with E-state index in [2.05, 4.69) is 20.9 Å². The maximum atomic E-state index is 11.9. The Morgan fingerprint density at radius 1 is 1.39 bits per heavy atom. The highest BCUT2D eigenvalue weighted by Crippen LogP contribution is 2.23. The van der Waals surface area contributed by atoms with Crippen LogP contribution in [0.4, 0.5) is 0 Å². The summed E-state index contributed by atoms with van der Waals surface area (Å²) >= 11 is 3.17. The van der Waals surface area contributed by atoms with E-state index in [9.17, 15) is 13.2 Å². The first kappa shape index (κ1) is 13.2. The number of nitrogens with zero attached hydrogens (tertiary/aromatic N) is 1. The Balaban J connectivity index is 2.91. The summed E-state index contributed by atoms with van der Waals surface area (Å²) in [5.41, 5.74) is 0.405. The zero-order valence-corrected chi connectivity index (χ0v) is 12.1. The van der Waals surface area contributed by atoms with Gasteiger partial charge in [-0.05, 0) is 28.9 Å². The van der Waals surface area contributed by atoms with Crippen molar-refractivity contribution in [3.63, 3.8) is 0 Å². The van der Waals surface area contributed by atoms with Crippen molar-refractivity contribution >= 4 is 36.7 Å². The Labute approximate surface area is 112 Å². The first-order valence-corrected chi connectivity index (χ1v) is 7.63. The molecule has 2 aromatic heterocycles.